The first-order valence-corrected chi connectivity index (χ1v) is 10.2. The summed E-state index contributed by atoms with van der Waals surface area (Å²) < 4.78 is 5.08. The molecule has 2 aromatic rings. The lowest BCUT2D eigenvalue weighted by atomic mass is 10.0. The van der Waals surface area contributed by atoms with Gasteiger partial charge < -0.3 is 10.1 Å². The molecule has 142 valence electrons. The summed E-state index contributed by atoms with van der Waals surface area (Å²) in [5, 5.41) is 5.52. The molecule has 27 heavy (non-hydrogen) atoms. The van der Waals surface area contributed by atoms with Crippen molar-refractivity contribution < 1.29 is 9.53 Å². The van der Waals surface area contributed by atoms with Crippen molar-refractivity contribution in [2.75, 3.05) is 11.9 Å². The zero-order valence-electron chi connectivity index (χ0n) is 15.8. The van der Waals surface area contributed by atoms with Gasteiger partial charge in [-0.1, -0.05) is 23.9 Å². The van der Waals surface area contributed by atoms with Crippen molar-refractivity contribution in [3.63, 3.8) is 0 Å². The molecule has 0 radical (unpaired) electrons. The van der Waals surface area contributed by atoms with Crippen LogP contribution in [0.1, 0.15) is 47.7 Å². The highest BCUT2D eigenvalue weighted by Crippen LogP contribution is 2.30. The Balaban J connectivity index is 1.54. The number of anilines is 1. The van der Waals surface area contributed by atoms with Crippen molar-refractivity contribution in [1.29, 1.82) is 0 Å². The number of aryl methyl sites for hydroxylation is 2. The van der Waals surface area contributed by atoms with Gasteiger partial charge in [0.2, 0.25) is 0 Å². The van der Waals surface area contributed by atoms with Gasteiger partial charge in [0.1, 0.15) is 12.1 Å². The second-order valence-corrected chi connectivity index (χ2v) is 7.49. The van der Waals surface area contributed by atoms with Gasteiger partial charge in [0.05, 0.1) is 17.1 Å². The number of ether oxygens (including phenoxy) is 1. The maximum absolute atomic E-state index is 11.9. The van der Waals surface area contributed by atoms with E-state index >= 15 is 0 Å². The molecule has 0 unspecified atom stereocenters. The van der Waals surface area contributed by atoms with Crippen LogP contribution in [0, 0.1) is 6.92 Å². The first kappa shape index (κ1) is 19.4. The molecule has 6 heteroatoms. The number of carbonyl (C=O) groups is 1. The van der Waals surface area contributed by atoms with Gasteiger partial charge in [0.25, 0.3) is 0 Å². The fourth-order valence-corrected chi connectivity index (χ4v) is 3.37. The molecule has 5 nitrogen and oxygen atoms in total. The molecular formula is C21H25N3O2S. The van der Waals surface area contributed by atoms with Crippen molar-refractivity contribution in [2.45, 2.75) is 50.5 Å². The van der Waals surface area contributed by atoms with E-state index in [9.17, 15) is 4.79 Å². The molecule has 3 rings (SSSR count). The number of hydrogen-bond donors (Lipinski definition) is 1. The molecule has 1 N–H and O–H groups in total. The smallest absolute Gasteiger partial charge is 0.338 e. The van der Waals surface area contributed by atoms with Crippen molar-refractivity contribution in [3.05, 3.63) is 58.9 Å². The lowest BCUT2D eigenvalue weighted by Gasteiger charge is -2.08. The first-order chi connectivity index (χ1) is 13.2. The van der Waals surface area contributed by atoms with Gasteiger partial charge in [0.15, 0.2) is 0 Å². The van der Waals surface area contributed by atoms with E-state index in [4.69, 9.17) is 4.74 Å². The number of esters is 1. The van der Waals surface area contributed by atoms with E-state index in [2.05, 4.69) is 33.7 Å². The standard InChI is InChI=1S/C21H25N3O2S/c1-3-26-21(25)17-8-7-15(2)16(12-17)6-4-5-11-27-19-13-22-14-23-20(19)24-18-9-10-18/h5,7-8,11-14,18H,3-4,6,9-10H2,1-2H3,(H,22,23,24)/b11-5+. The number of benzene rings is 1. The maximum atomic E-state index is 11.9. The van der Waals surface area contributed by atoms with Crippen LogP contribution in [0.25, 0.3) is 0 Å². The fraction of sp³-hybridized carbons (Fsp3) is 0.381. The largest absolute Gasteiger partial charge is 0.462 e. The lowest BCUT2D eigenvalue weighted by molar-refractivity contribution is 0.0526. The molecular weight excluding hydrogens is 358 g/mol. The number of carbonyl (C=O) groups excluding carboxylic acids is 1. The van der Waals surface area contributed by atoms with Gasteiger partial charge >= 0.3 is 5.97 Å². The molecule has 0 aliphatic heterocycles. The van der Waals surface area contributed by atoms with E-state index in [1.165, 1.54) is 24.0 Å². The summed E-state index contributed by atoms with van der Waals surface area (Å²) in [5.41, 5.74) is 2.99. The number of hydrogen-bond acceptors (Lipinski definition) is 6. The third-order valence-corrected chi connectivity index (χ3v) is 5.21. The molecule has 1 saturated carbocycles. The normalized spacial score (nSPS) is 13.7. The van der Waals surface area contributed by atoms with Crippen LogP contribution in [0.15, 0.2) is 47.1 Å². The first-order valence-electron chi connectivity index (χ1n) is 9.32. The number of aromatic nitrogens is 2. The summed E-state index contributed by atoms with van der Waals surface area (Å²) in [6.07, 6.45) is 9.79. The van der Waals surface area contributed by atoms with Gasteiger partial charge in [0, 0.05) is 12.2 Å². The van der Waals surface area contributed by atoms with Crippen molar-refractivity contribution >= 4 is 23.5 Å². The number of nitrogens with one attached hydrogen (secondary N) is 1. The molecule has 1 fully saturated rings. The predicted octanol–water partition coefficient (Wildman–Crippen LogP) is 4.77. The Morgan fingerprint density at radius 1 is 1.41 bits per heavy atom. The van der Waals surface area contributed by atoms with Crippen LogP contribution >= 0.6 is 11.8 Å². The van der Waals surface area contributed by atoms with Crippen molar-refractivity contribution in [1.82, 2.24) is 9.97 Å². The molecule has 0 spiro atoms. The van der Waals surface area contributed by atoms with Gasteiger partial charge in [-0.05, 0) is 68.2 Å². The second kappa shape index (κ2) is 9.55. The lowest BCUT2D eigenvalue weighted by Crippen LogP contribution is -2.05. The second-order valence-electron chi connectivity index (χ2n) is 6.54. The van der Waals surface area contributed by atoms with Crippen LogP contribution < -0.4 is 5.32 Å². The summed E-state index contributed by atoms with van der Waals surface area (Å²) in [6, 6.07) is 6.32. The predicted molar refractivity (Wildman–Crippen MR) is 109 cm³/mol. The molecule has 1 aliphatic rings. The van der Waals surface area contributed by atoms with Crippen LogP contribution in [-0.4, -0.2) is 28.6 Å². The number of nitrogens with zero attached hydrogens (tertiary/aromatic N) is 2. The van der Waals surface area contributed by atoms with Crippen LogP contribution in [0.5, 0.6) is 0 Å². The van der Waals surface area contributed by atoms with Gasteiger partial charge in [-0.3, -0.25) is 0 Å². The number of allylic oxidation sites excluding steroid dienone is 1. The SMILES string of the molecule is CCOC(=O)c1ccc(C)c(CC/C=C/Sc2cncnc2NC2CC2)c1. The molecule has 0 saturated heterocycles. The zero-order chi connectivity index (χ0) is 19.1. The summed E-state index contributed by atoms with van der Waals surface area (Å²) >= 11 is 1.63. The van der Waals surface area contributed by atoms with Crippen molar-refractivity contribution in [2.24, 2.45) is 0 Å². The van der Waals surface area contributed by atoms with Gasteiger partial charge in [-0.15, -0.1) is 0 Å². The molecule has 1 aromatic heterocycles. The van der Waals surface area contributed by atoms with E-state index < -0.39 is 0 Å². The van der Waals surface area contributed by atoms with Gasteiger partial charge in [-0.25, -0.2) is 14.8 Å². The minimum atomic E-state index is -0.260. The molecule has 1 heterocycles. The highest BCUT2D eigenvalue weighted by Gasteiger charge is 2.22. The Bertz CT molecular complexity index is 819. The van der Waals surface area contributed by atoms with E-state index in [1.54, 1.807) is 18.1 Å². The topological polar surface area (TPSA) is 64.1 Å². The Morgan fingerprint density at radius 3 is 3.04 bits per heavy atom. The molecule has 0 atom stereocenters. The van der Waals surface area contributed by atoms with E-state index in [-0.39, 0.29) is 5.97 Å². The third-order valence-electron chi connectivity index (χ3n) is 4.33. The molecule has 1 aromatic carbocycles. The van der Waals surface area contributed by atoms with E-state index in [0.29, 0.717) is 18.2 Å². The summed E-state index contributed by atoms with van der Waals surface area (Å²) in [5.74, 6) is 0.657. The van der Waals surface area contributed by atoms with Crippen molar-refractivity contribution in [3.8, 4) is 0 Å². The number of thioether (sulfide) groups is 1. The number of rotatable bonds is 9. The quantitative estimate of drug-likeness (QED) is 0.497. The monoisotopic (exact) mass is 383 g/mol. The molecule has 0 amide bonds. The third kappa shape index (κ3) is 5.82. The minimum absolute atomic E-state index is 0.260. The highest BCUT2D eigenvalue weighted by atomic mass is 32.2. The zero-order valence-corrected chi connectivity index (χ0v) is 16.6. The Morgan fingerprint density at radius 2 is 2.26 bits per heavy atom. The average Bonchev–Trinajstić information content (AvgIpc) is 3.48. The molecule has 1 aliphatic carbocycles. The Kier molecular flexibility index (Phi) is 6.87. The average molecular weight is 384 g/mol. The minimum Gasteiger partial charge on any atom is -0.462 e. The maximum Gasteiger partial charge on any atom is 0.338 e. The van der Waals surface area contributed by atoms with Gasteiger partial charge in [-0.2, -0.15) is 0 Å². The fourth-order valence-electron chi connectivity index (χ4n) is 2.64. The Labute approximate surface area is 164 Å². The van der Waals surface area contributed by atoms with Crippen LogP contribution in [-0.2, 0) is 11.2 Å². The summed E-state index contributed by atoms with van der Waals surface area (Å²) in [4.78, 5) is 21.4. The molecule has 0 bridgehead atoms. The highest BCUT2D eigenvalue weighted by molar-refractivity contribution is 8.02. The summed E-state index contributed by atoms with van der Waals surface area (Å²) in [7, 11) is 0. The summed E-state index contributed by atoms with van der Waals surface area (Å²) in [6.45, 7) is 4.28. The Hall–Kier alpha value is -2.34. The van der Waals surface area contributed by atoms with Crippen LogP contribution in [0.2, 0.25) is 0 Å². The van der Waals surface area contributed by atoms with Crippen LogP contribution in [0.4, 0.5) is 5.82 Å². The van der Waals surface area contributed by atoms with E-state index in [1.807, 2.05) is 31.3 Å². The van der Waals surface area contributed by atoms with Crippen LogP contribution in [0.3, 0.4) is 0 Å². The van der Waals surface area contributed by atoms with E-state index in [0.717, 1.165) is 23.6 Å².